The van der Waals surface area contributed by atoms with Gasteiger partial charge in [-0.25, -0.2) is 4.39 Å². The van der Waals surface area contributed by atoms with Crippen molar-refractivity contribution in [2.75, 3.05) is 23.8 Å². The number of ketones is 1. The van der Waals surface area contributed by atoms with Gasteiger partial charge in [-0.1, -0.05) is 0 Å². The van der Waals surface area contributed by atoms with E-state index >= 15 is 0 Å². The van der Waals surface area contributed by atoms with E-state index in [0.29, 0.717) is 24.3 Å². The lowest BCUT2D eigenvalue weighted by molar-refractivity contribution is -0.0959. The van der Waals surface area contributed by atoms with Crippen LogP contribution in [-0.2, 0) is 4.74 Å². The molecule has 0 aliphatic carbocycles. The highest BCUT2D eigenvalue weighted by Crippen LogP contribution is 2.41. The van der Waals surface area contributed by atoms with Crippen molar-refractivity contribution in [3.05, 3.63) is 29.6 Å². The van der Waals surface area contributed by atoms with Crippen LogP contribution >= 0.6 is 11.8 Å². The van der Waals surface area contributed by atoms with Crippen LogP contribution in [0.25, 0.3) is 0 Å². The van der Waals surface area contributed by atoms with Gasteiger partial charge in [0.1, 0.15) is 5.82 Å². The third-order valence-corrected chi connectivity index (χ3v) is 5.53. The number of Topliss-reactive ketones (excluding diaryl/α,β-unsaturated/α-hetero) is 1. The molecule has 1 atom stereocenters. The lowest BCUT2D eigenvalue weighted by Gasteiger charge is -2.43. The molecule has 5 heteroatoms. The number of benzene rings is 1. The number of nitrogens with two attached hydrogens (primary N) is 1. The number of ether oxygens (including phenoxy) is 1. The van der Waals surface area contributed by atoms with Crippen molar-refractivity contribution < 1.29 is 13.9 Å². The summed E-state index contributed by atoms with van der Waals surface area (Å²) in [7, 11) is 0. The minimum atomic E-state index is -0.414. The first-order chi connectivity index (χ1) is 10.1. The third-order valence-electron chi connectivity index (χ3n) is 4.55. The van der Waals surface area contributed by atoms with E-state index in [0.717, 1.165) is 30.8 Å². The van der Waals surface area contributed by atoms with Crippen LogP contribution in [0.3, 0.4) is 0 Å². The Morgan fingerprint density at radius 1 is 1.38 bits per heavy atom. The summed E-state index contributed by atoms with van der Waals surface area (Å²) in [6.45, 7) is 0.607. The zero-order chi connectivity index (χ0) is 14.9. The van der Waals surface area contributed by atoms with Crippen molar-refractivity contribution in [3.63, 3.8) is 0 Å². The van der Waals surface area contributed by atoms with Crippen LogP contribution < -0.4 is 5.73 Å². The molecule has 0 amide bonds. The Morgan fingerprint density at radius 2 is 2.14 bits per heavy atom. The summed E-state index contributed by atoms with van der Waals surface area (Å²) in [5, 5.41) is 0. The molecule has 1 aromatic rings. The number of hydrogen-bond acceptors (Lipinski definition) is 4. The minimum absolute atomic E-state index is 0.0344. The molecule has 2 aliphatic rings. The number of nitrogen functional groups attached to an aromatic ring is 1. The summed E-state index contributed by atoms with van der Waals surface area (Å²) in [5.74, 6) is 1.62. The number of halogens is 1. The lowest BCUT2D eigenvalue weighted by Crippen LogP contribution is -2.44. The van der Waals surface area contributed by atoms with Crippen LogP contribution in [0.4, 0.5) is 10.1 Å². The summed E-state index contributed by atoms with van der Waals surface area (Å²) in [5.41, 5.74) is 6.38. The molecule has 1 spiro atoms. The monoisotopic (exact) mass is 309 g/mol. The van der Waals surface area contributed by atoms with E-state index in [-0.39, 0.29) is 17.3 Å². The first kappa shape index (κ1) is 14.9. The van der Waals surface area contributed by atoms with E-state index < -0.39 is 5.82 Å². The van der Waals surface area contributed by atoms with Gasteiger partial charge >= 0.3 is 0 Å². The molecule has 0 radical (unpaired) electrons. The molecule has 0 aromatic heterocycles. The van der Waals surface area contributed by atoms with Crippen LogP contribution in [-0.4, -0.2) is 29.5 Å². The van der Waals surface area contributed by atoms with E-state index in [1.54, 1.807) is 0 Å². The molecule has 1 unspecified atom stereocenters. The van der Waals surface area contributed by atoms with Crippen LogP contribution in [0.2, 0.25) is 0 Å². The zero-order valence-electron chi connectivity index (χ0n) is 11.9. The second kappa shape index (κ2) is 5.97. The molecule has 1 aromatic carbocycles. The quantitative estimate of drug-likeness (QED) is 0.673. The molecule has 114 valence electrons. The minimum Gasteiger partial charge on any atom is -0.398 e. The summed E-state index contributed by atoms with van der Waals surface area (Å²) in [6, 6.07) is 4.02. The Bertz CT molecular complexity index is 538. The maximum Gasteiger partial charge on any atom is 0.168 e. The molecule has 21 heavy (non-hydrogen) atoms. The van der Waals surface area contributed by atoms with Crippen LogP contribution in [0, 0.1) is 11.7 Å². The fraction of sp³-hybridized carbons (Fsp3) is 0.562. The Labute approximate surface area is 128 Å². The van der Waals surface area contributed by atoms with Gasteiger partial charge in [0.05, 0.1) is 5.60 Å². The van der Waals surface area contributed by atoms with Crippen molar-refractivity contribution in [3.8, 4) is 0 Å². The molecule has 2 heterocycles. The van der Waals surface area contributed by atoms with Crippen molar-refractivity contribution >= 4 is 23.2 Å². The van der Waals surface area contributed by atoms with Gasteiger partial charge in [-0.05, 0) is 55.4 Å². The Hall–Kier alpha value is -1.07. The number of rotatable bonds is 2. The average molecular weight is 309 g/mol. The molecule has 2 aliphatic heterocycles. The maximum absolute atomic E-state index is 13.4. The molecule has 0 bridgehead atoms. The first-order valence-electron chi connectivity index (χ1n) is 7.41. The summed E-state index contributed by atoms with van der Waals surface area (Å²) >= 11 is 1.94. The van der Waals surface area contributed by atoms with E-state index in [2.05, 4.69) is 0 Å². The number of anilines is 1. The summed E-state index contributed by atoms with van der Waals surface area (Å²) < 4.78 is 19.4. The third kappa shape index (κ3) is 3.09. The molecule has 3 rings (SSSR count). The molecule has 2 saturated heterocycles. The number of carbonyl (C=O) groups is 1. The predicted octanol–water partition coefficient (Wildman–Crippen LogP) is 3.28. The lowest BCUT2D eigenvalue weighted by atomic mass is 9.78. The number of carbonyl (C=O) groups excluding carboxylic acids is 1. The van der Waals surface area contributed by atoms with Crippen molar-refractivity contribution in [2.45, 2.75) is 31.3 Å². The van der Waals surface area contributed by atoms with E-state index in [4.69, 9.17) is 10.5 Å². The highest BCUT2D eigenvalue weighted by molar-refractivity contribution is 7.99. The largest absolute Gasteiger partial charge is 0.398 e. The number of hydrogen-bond donors (Lipinski definition) is 1. The fourth-order valence-electron chi connectivity index (χ4n) is 3.31. The van der Waals surface area contributed by atoms with E-state index in [1.165, 1.54) is 18.2 Å². The Morgan fingerprint density at radius 3 is 2.90 bits per heavy atom. The number of thioether (sulfide) groups is 1. The molecule has 2 N–H and O–H groups in total. The van der Waals surface area contributed by atoms with Crippen LogP contribution in [0.1, 0.15) is 36.0 Å². The van der Waals surface area contributed by atoms with Gasteiger partial charge in [-0.15, -0.1) is 0 Å². The smallest absolute Gasteiger partial charge is 0.168 e. The predicted molar refractivity (Wildman–Crippen MR) is 83.1 cm³/mol. The summed E-state index contributed by atoms with van der Waals surface area (Å²) in [4.78, 5) is 12.7. The zero-order valence-corrected chi connectivity index (χ0v) is 12.8. The second-order valence-corrected chi connectivity index (χ2v) is 7.15. The Kier molecular flexibility index (Phi) is 4.22. The fourth-order valence-corrected chi connectivity index (χ4v) is 4.54. The maximum atomic E-state index is 13.4. The van der Waals surface area contributed by atoms with Gasteiger partial charge < -0.3 is 10.5 Å². The van der Waals surface area contributed by atoms with Gasteiger partial charge in [-0.3, -0.25) is 4.79 Å². The van der Waals surface area contributed by atoms with Crippen LogP contribution in [0.5, 0.6) is 0 Å². The van der Waals surface area contributed by atoms with E-state index in [9.17, 15) is 9.18 Å². The highest BCUT2D eigenvalue weighted by atomic mass is 32.2. The first-order valence-corrected chi connectivity index (χ1v) is 8.56. The van der Waals surface area contributed by atoms with Crippen LogP contribution in [0.15, 0.2) is 18.2 Å². The van der Waals surface area contributed by atoms with Gasteiger partial charge in [0, 0.05) is 23.8 Å². The van der Waals surface area contributed by atoms with Crippen molar-refractivity contribution in [1.82, 2.24) is 0 Å². The average Bonchev–Trinajstić information content (AvgIpc) is 2.50. The molecule has 2 fully saturated rings. The molecular weight excluding hydrogens is 289 g/mol. The molecule has 3 nitrogen and oxygen atoms in total. The van der Waals surface area contributed by atoms with Gasteiger partial charge in [-0.2, -0.15) is 11.8 Å². The standard InChI is InChI=1S/C16H20FNO2S/c17-12-1-2-14(18)13(9-12)15(19)11-3-6-20-16(10-11)4-7-21-8-5-16/h1-2,9,11H,3-8,10,18H2. The van der Waals surface area contributed by atoms with E-state index in [1.807, 2.05) is 11.8 Å². The van der Waals surface area contributed by atoms with Crippen molar-refractivity contribution in [2.24, 2.45) is 5.92 Å². The highest BCUT2D eigenvalue weighted by Gasteiger charge is 2.41. The second-order valence-electron chi connectivity index (χ2n) is 5.93. The molecule has 0 saturated carbocycles. The normalized spacial score (nSPS) is 24.9. The molecular formula is C16H20FNO2S. The summed E-state index contributed by atoms with van der Waals surface area (Å²) in [6.07, 6.45) is 3.44. The van der Waals surface area contributed by atoms with Crippen molar-refractivity contribution in [1.29, 1.82) is 0 Å². The Balaban J connectivity index is 1.79. The van der Waals surface area contributed by atoms with Gasteiger partial charge in [0.25, 0.3) is 0 Å². The van der Waals surface area contributed by atoms with Gasteiger partial charge in [0.2, 0.25) is 0 Å². The van der Waals surface area contributed by atoms with Gasteiger partial charge in [0.15, 0.2) is 5.78 Å². The topological polar surface area (TPSA) is 52.3 Å². The SMILES string of the molecule is Nc1ccc(F)cc1C(=O)C1CCOC2(CCSCC2)C1.